The first-order chi connectivity index (χ1) is 9.62. The van der Waals surface area contributed by atoms with Crippen LogP contribution in [0.3, 0.4) is 0 Å². The van der Waals surface area contributed by atoms with Gasteiger partial charge < -0.3 is 15.2 Å². The molecule has 112 valence electrons. The van der Waals surface area contributed by atoms with Crippen LogP contribution in [0.4, 0.5) is 11.9 Å². The number of aromatic nitrogens is 3. The molecule has 8 nitrogen and oxygen atoms in total. The summed E-state index contributed by atoms with van der Waals surface area (Å²) in [5.74, 6) is 6.24. The second-order valence-corrected chi connectivity index (χ2v) is 5.20. The van der Waals surface area contributed by atoms with Gasteiger partial charge >= 0.3 is 6.01 Å². The van der Waals surface area contributed by atoms with Crippen molar-refractivity contribution in [2.75, 3.05) is 17.3 Å². The molecular weight excluding hydrogens is 260 g/mol. The Hall–Kier alpha value is -1.67. The van der Waals surface area contributed by atoms with E-state index in [0.717, 1.165) is 19.3 Å². The van der Waals surface area contributed by atoms with Crippen LogP contribution in [0.15, 0.2) is 0 Å². The first kappa shape index (κ1) is 14.7. The molecule has 0 aliphatic heterocycles. The van der Waals surface area contributed by atoms with Gasteiger partial charge in [-0.15, -0.1) is 0 Å². The molecule has 5 N–H and O–H groups in total. The van der Waals surface area contributed by atoms with E-state index in [2.05, 4.69) is 25.7 Å². The minimum absolute atomic E-state index is 0.0347. The van der Waals surface area contributed by atoms with Crippen LogP contribution in [-0.4, -0.2) is 38.8 Å². The summed E-state index contributed by atoms with van der Waals surface area (Å²) >= 11 is 0. The molecule has 1 fully saturated rings. The van der Waals surface area contributed by atoms with Crippen LogP contribution in [0, 0.1) is 5.92 Å². The highest BCUT2D eigenvalue weighted by Gasteiger charge is 2.27. The Balaban J connectivity index is 2.13. The standard InChI is InChI=1S/C12H22N6O2/c1-7(2)20-12-16-10(15-11(17-12)18-13)14-9-5-3-4-8(9)6-19/h7-9,19H,3-6,13H2,1-2H3,(H2,14,15,16,17,18). The number of hydrogen-bond acceptors (Lipinski definition) is 8. The molecule has 1 aromatic heterocycles. The normalized spacial score (nSPS) is 22.1. The van der Waals surface area contributed by atoms with Crippen molar-refractivity contribution >= 4 is 11.9 Å². The molecule has 0 spiro atoms. The average Bonchev–Trinajstić information content (AvgIpc) is 2.84. The van der Waals surface area contributed by atoms with Crippen LogP contribution in [0.5, 0.6) is 6.01 Å². The van der Waals surface area contributed by atoms with Crippen LogP contribution >= 0.6 is 0 Å². The predicted molar refractivity (Wildman–Crippen MR) is 75.2 cm³/mol. The summed E-state index contributed by atoms with van der Waals surface area (Å²) in [5.41, 5.74) is 2.40. The number of rotatable bonds is 6. The lowest BCUT2D eigenvalue weighted by atomic mass is 10.1. The van der Waals surface area contributed by atoms with Crippen LogP contribution in [0.25, 0.3) is 0 Å². The minimum atomic E-state index is -0.0347. The summed E-state index contributed by atoms with van der Waals surface area (Å²) in [5, 5.41) is 12.6. The number of ether oxygens (including phenoxy) is 1. The second-order valence-electron chi connectivity index (χ2n) is 5.20. The fourth-order valence-corrected chi connectivity index (χ4v) is 2.36. The Bertz CT molecular complexity index is 442. The van der Waals surface area contributed by atoms with Crippen molar-refractivity contribution in [3.63, 3.8) is 0 Å². The topological polar surface area (TPSA) is 118 Å². The van der Waals surface area contributed by atoms with E-state index in [9.17, 15) is 5.11 Å². The number of anilines is 2. The van der Waals surface area contributed by atoms with Crippen molar-refractivity contribution in [2.24, 2.45) is 11.8 Å². The molecule has 0 aromatic carbocycles. The van der Waals surface area contributed by atoms with Gasteiger partial charge in [-0.05, 0) is 26.7 Å². The van der Waals surface area contributed by atoms with Gasteiger partial charge in [-0.2, -0.15) is 15.0 Å². The zero-order valence-corrected chi connectivity index (χ0v) is 11.8. The number of aliphatic hydroxyl groups excluding tert-OH is 1. The van der Waals surface area contributed by atoms with Crippen LogP contribution in [-0.2, 0) is 0 Å². The number of hydrazine groups is 1. The predicted octanol–water partition coefficient (Wildman–Crippen LogP) is 0.517. The minimum Gasteiger partial charge on any atom is -0.461 e. The molecule has 2 rings (SSSR count). The Labute approximate surface area is 118 Å². The molecule has 0 radical (unpaired) electrons. The van der Waals surface area contributed by atoms with Gasteiger partial charge in [-0.3, -0.25) is 5.43 Å². The van der Waals surface area contributed by atoms with E-state index in [1.54, 1.807) is 0 Å². The maximum Gasteiger partial charge on any atom is 0.323 e. The molecule has 1 heterocycles. The molecule has 0 saturated heterocycles. The SMILES string of the molecule is CC(C)Oc1nc(NN)nc(NC2CCCC2CO)n1. The number of nitrogens with zero attached hydrogens (tertiary/aromatic N) is 3. The largest absolute Gasteiger partial charge is 0.461 e. The molecule has 20 heavy (non-hydrogen) atoms. The fraction of sp³-hybridized carbons (Fsp3) is 0.750. The third kappa shape index (κ3) is 3.67. The lowest BCUT2D eigenvalue weighted by Crippen LogP contribution is -2.28. The zero-order chi connectivity index (χ0) is 14.5. The van der Waals surface area contributed by atoms with Gasteiger partial charge in [-0.25, -0.2) is 5.84 Å². The van der Waals surface area contributed by atoms with E-state index >= 15 is 0 Å². The maximum absolute atomic E-state index is 9.34. The van der Waals surface area contributed by atoms with E-state index in [4.69, 9.17) is 10.6 Å². The van der Waals surface area contributed by atoms with Crippen LogP contribution < -0.4 is 21.3 Å². The number of nitrogens with two attached hydrogens (primary N) is 1. The molecule has 1 aromatic rings. The number of aliphatic hydroxyl groups is 1. The number of nitrogens with one attached hydrogen (secondary N) is 2. The van der Waals surface area contributed by atoms with Crippen molar-refractivity contribution in [1.29, 1.82) is 0 Å². The molecule has 2 atom stereocenters. The van der Waals surface area contributed by atoms with Gasteiger partial charge in [0.15, 0.2) is 0 Å². The first-order valence-electron chi connectivity index (χ1n) is 6.89. The van der Waals surface area contributed by atoms with Gasteiger partial charge in [0.05, 0.1) is 6.10 Å². The summed E-state index contributed by atoms with van der Waals surface area (Å²) in [6, 6.07) is 0.393. The quantitative estimate of drug-likeness (QED) is 0.440. The highest BCUT2D eigenvalue weighted by molar-refractivity contribution is 5.36. The van der Waals surface area contributed by atoms with E-state index in [1.807, 2.05) is 13.8 Å². The Kier molecular flexibility index (Phi) is 4.91. The highest BCUT2D eigenvalue weighted by Crippen LogP contribution is 2.27. The summed E-state index contributed by atoms with van der Waals surface area (Å²) < 4.78 is 5.47. The maximum atomic E-state index is 9.34. The molecule has 0 amide bonds. The lowest BCUT2D eigenvalue weighted by Gasteiger charge is -2.19. The average molecular weight is 282 g/mol. The summed E-state index contributed by atoms with van der Waals surface area (Å²) in [6.07, 6.45) is 3.05. The molecule has 8 heteroatoms. The Morgan fingerprint density at radius 3 is 2.70 bits per heavy atom. The van der Waals surface area contributed by atoms with Gasteiger partial charge in [0.1, 0.15) is 0 Å². The third-order valence-corrected chi connectivity index (χ3v) is 3.29. The zero-order valence-electron chi connectivity index (χ0n) is 11.8. The summed E-state index contributed by atoms with van der Waals surface area (Å²) in [6.45, 7) is 3.95. The fourth-order valence-electron chi connectivity index (χ4n) is 2.36. The Morgan fingerprint density at radius 2 is 2.05 bits per heavy atom. The molecule has 0 bridgehead atoms. The van der Waals surface area contributed by atoms with Crippen molar-refractivity contribution in [2.45, 2.75) is 45.3 Å². The van der Waals surface area contributed by atoms with Crippen LogP contribution in [0.2, 0.25) is 0 Å². The Morgan fingerprint density at radius 1 is 1.30 bits per heavy atom. The van der Waals surface area contributed by atoms with Gasteiger partial charge in [0, 0.05) is 18.6 Å². The van der Waals surface area contributed by atoms with Crippen molar-refractivity contribution in [3.8, 4) is 6.01 Å². The summed E-state index contributed by atoms with van der Waals surface area (Å²) in [7, 11) is 0. The number of nitrogen functional groups attached to an aromatic ring is 1. The molecule has 1 aliphatic carbocycles. The molecule has 2 unspecified atom stereocenters. The smallest absolute Gasteiger partial charge is 0.323 e. The van der Waals surface area contributed by atoms with E-state index in [-0.39, 0.29) is 36.6 Å². The third-order valence-electron chi connectivity index (χ3n) is 3.29. The lowest BCUT2D eigenvalue weighted by molar-refractivity contribution is 0.220. The summed E-state index contributed by atoms with van der Waals surface area (Å²) in [4.78, 5) is 12.4. The second kappa shape index (κ2) is 6.67. The van der Waals surface area contributed by atoms with Crippen molar-refractivity contribution in [1.82, 2.24) is 15.0 Å². The van der Waals surface area contributed by atoms with E-state index in [0.29, 0.717) is 5.95 Å². The first-order valence-corrected chi connectivity index (χ1v) is 6.89. The van der Waals surface area contributed by atoms with Gasteiger partial charge in [0.25, 0.3) is 0 Å². The van der Waals surface area contributed by atoms with Crippen molar-refractivity contribution < 1.29 is 9.84 Å². The number of hydrogen-bond donors (Lipinski definition) is 4. The van der Waals surface area contributed by atoms with Crippen molar-refractivity contribution in [3.05, 3.63) is 0 Å². The molecule has 1 saturated carbocycles. The van der Waals surface area contributed by atoms with Gasteiger partial charge in [-0.1, -0.05) is 6.42 Å². The van der Waals surface area contributed by atoms with E-state index < -0.39 is 0 Å². The highest BCUT2D eigenvalue weighted by atomic mass is 16.5. The van der Waals surface area contributed by atoms with Gasteiger partial charge in [0.2, 0.25) is 11.9 Å². The van der Waals surface area contributed by atoms with Crippen LogP contribution in [0.1, 0.15) is 33.1 Å². The monoisotopic (exact) mass is 282 g/mol. The van der Waals surface area contributed by atoms with E-state index in [1.165, 1.54) is 0 Å². The molecular formula is C12H22N6O2. The molecule has 1 aliphatic rings.